The van der Waals surface area contributed by atoms with Crippen LogP contribution in [0.2, 0.25) is 10.0 Å². The number of benzene rings is 1. The fourth-order valence-electron chi connectivity index (χ4n) is 3.98. The van der Waals surface area contributed by atoms with Crippen LogP contribution in [0.15, 0.2) is 18.2 Å². The van der Waals surface area contributed by atoms with Gasteiger partial charge in [0.1, 0.15) is 0 Å². The molecule has 2 fully saturated rings. The van der Waals surface area contributed by atoms with Crippen LogP contribution >= 0.6 is 23.2 Å². The standard InChI is InChI=1S/C19H29Cl2N5O/c1-12-8-18(23-11-14-4-3-7-22-10-14)26(12)13(2)24-19(27)25-15-5-6-16(20)17(21)9-15/h5-6,9,12-14,18,22-23H,3-4,7-8,10-11H2,1-2H3,(H2,24,25,27). The highest BCUT2D eigenvalue weighted by molar-refractivity contribution is 6.42. The van der Waals surface area contributed by atoms with E-state index in [0.29, 0.717) is 33.9 Å². The number of nitrogens with zero attached hydrogens (tertiary/aromatic N) is 1. The topological polar surface area (TPSA) is 68.4 Å². The van der Waals surface area contributed by atoms with Crippen molar-refractivity contribution in [2.45, 2.75) is 51.5 Å². The zero-order valence-electron chi connectivity index (χ0n) is 15.9. The summed E-state index contributed by atoms with van der Waals surface area (Å²) < 4.78 is 0. The third kappa shape index (κ3) is 5.48. The maximum absolute atomic E-state index is 12.3. The number of likely N-dealkylation sites (tertiary alicyclic amines) is 1. The van der Waals surface area contributed by atoms with Gasteiger partial charge in [-0.05, 0) is 70.3 Å². The van der Waals surface area contributed by atoms with Crippen molar-refractivity contribution in [3.63, 3.8) is 0 Å². The zero-order chi connectivity index (χ0) is 19.4. The molecule has 0 aliphatic carbocycles. The van der Waals surface area contributed by atoms with Gasteiger partial charge in [0, 0.05) is 18.3 Å². The summed E-state index contributed by atoms with van der Waals surface area (Å²) in [4.78, 5) is 14.6. The Bertz CT molecular complexity index is 653. The molecule has 8 heteroatoms. The molecule has 0 aromatic heterocycles. The van der Waals surface area contributed by atoms with Gasteiger partial charge in [0.25, 0.3) is 0 Å². The molecule has 3 rings (SSSR count). The third-order valence-corrected chi connectivity index (χ3v) is 6.18. The number of urea groups is 1. The molecule has 4 atom stereocenters. The van der Waals surface area contributed by atoms with E-state index in [4.69, 9.17) is 23.2 Å². The first-order chi connectivity index (χ1) is 12.9. The third-order valence-electron chi connectivity index (χ3n) is 5.44. The summed E-state index contributed by atoms with van der Waals surface area (Å²) in [6.45, 7) is 7.45. The van der Waals surface area contributed by atoms with Gasteiger partial charge < -0.3 is 21.3 Å². The molecule has 27 heavy (non-hydrogen) atoms. The molecule has 4 N–H and O–H groups in total. The van der Waals surface area contributed by atoms with Crippen molar-refractivity contribution >= 4 is 34.9 Å². The van der Waals surface area contributed by atoms with E-state index in [-0.39, 0.29) is 12.2 Å². The van der Waals surface area contributed by atoms with Crippen molar-refractivity contribution < 1.29 is 4.79 Å². The van der Waals surface area contributed by atoms with Crippen molar-refractivity contribution in [1.82, 2.24) is 20.9 Å². The number of anilines is 1. The number of carbonyl (C=O) groups excluding carboxylic acids is 1. The number of amides is 2. The molecule has 1 aromatic rings. The van der Waals surface area contributed by atoms with Gasteiger partial charge in [-0.25, -0.2) is 4.79 Å². The minimum atomic E-state index is -0.254. The van der Waals surface area contributed by atoms with Gasteiger partial charge in [-0.15, -0.1) is 0 Å². The summed E-state index contributed by atoms with van der Waals surface area (Å²) in [7, 11) is 0. The maximum Gasteiger partial charge on any atom is 0.320 e. The summed E-state index contributed by atoms with van der Waals surface area (Å²) in [6.07, 6.45) is 3.87. The Morgan fingerprint density at radius 3 is 2.85 bits per heavy atom. The van der Waals surface area contributed by atoms with E-state index in [1.807, 2.05) is 6.92 Å². The van der Waals surface area contributed by atoms with Crippen molar-refractivity contribution in [2.24, 2.45) is 5.92 Å². The van der Waals surface area contributed by atoms with Crippen LogP contribution in [0.5, 0.6) is 0 Å². The number of hydrogen-bond donors (Lipinski definition) is 4. The van der Waals surface area contributed by atoms with Crippen LogP contribution in [-0.2, 0) is 0 Å². The van der Waals surface area contributed by atoms with Crippen LogP contribution < -0.4 is 21.3 Å². The van der Waals surface area contributed by atoms with E-state index in [1.54, 1.807) is 18.2 Å². The smallest absolute Gasteiger partial charge is 0.320 e. The molecule has 6 nitrogen and oxygen atoms in total. The average molecular weight is 414 g/mol. The molecule has 4 unspecified atom stereocenters. The molecular weight excluding hydrogens is 385 g/mol. The summed E-state index contributed by atoms with van der Waals surface area (Å²) in [5.74, 6) is 0.692. The highest BCUT2D eigenvalue weighted by atomic mass is 35.5. The lowest BCUT2D eigenvalue weighted by Crippen LogP contribution is -2.68. The number of halogens is 2. The quantitative estimate of drug-likeness (QED) is 0.576. The van der Waals surface area contributed by atoms with Crippen molar-refractivity contribution in [3.05, 3.63) is 28.2 Å². The number of rotatable bonds is 6. The van der Waals surface area contributed by atoms with Gasteiger partial charge in [-0.1, -0.05) is 23.2 Å². The fourth-order valence-corrected chi connectivity index (χ4v) is 4.28. The molecule has 2 amide bonds. The van der Waals surface area contributed by atoms with Gasteiger partial charge in [-0.3, -0.25) is 4.90 Å². The van der Waals surface area contributed by atoms with Gasteiger partial charge in [0.2, 0.25) is 0 Å². The second kappa shape index (κ2) is 9.43. The Kier molecular flexibility index (Phi) is 7.22. The Balaban J connectivity index is 1.47. The lowest BCUT2D eigenvalue weighted by Gasteiger charge is -2.51. The lowest BCUT2D eigenvalue weighted by molar-refractivity contribution is -0.0365. The number of piperidine rings is 1. The first kappa shape index (κ1) is 20.7. The molecule has 2 aliphatic rings. The first-order valence-electron chi connectivity index (χ1n) is 9.68. The first-order valence-corrected chi connectivity index (χ1v) is 10.4. The van der Waals surface area contributed by atoms with Crippen LogP contribution in [0.3, 0.4) is 0 Å². The lowest BCUT2D eigenvalue weighted by atomic mass is 9.96. The second-order valence-corrected chi connectivity index (χ2v) is 8.39. The normalized spacial score (nSPS) is 26.9. The van der Waals surface area contributed by atoms with Crippen LogP contribution in [0.4, 0.5) is 10.5 Å². The molecular formula is C19H29Cl2N5O. The minimum absolute atomic E-state index is 0.0708. The highest BCUT2D eigenvalue weighted by Crippen LogP contribution is 2.27. The van der Waals surface area contributed by atoms with E-state index in [9.17, 15) is 4.79 Å². The van der Waals surface area contributed by atoms with Crippen molar-refractivity contribution in [1.29, 1.82) is 0 Å². The predicted molar refractivity (Wildman–Crippen MR) is 111 cm³/mol. The predicted octanol–water partition coefficient (Wildman–Crippen LogP) is 3.47. The zero-order valence-corrected chi connectivity index (χ0v) is 17.4. The molecule has 0 spiro atoms. The average Bonchev–Trinajstić information content (AvgIpc) is 2.62. The van der Waals surface area contributed by atoms with Crippen molar-refractivity contribution in [3.8, 4) is 0 Å². The molecule has 150 valence electrons. The highest BCUT2D eigenvalue weighted by Gasteiger charge is 2.38. The van der Waals surface area contributed by atoms with Crippen LogP contribution in [0.1, 0.15) is 33.1 Å². The van der Waals surface area contributed by atoms with Gasteiger partial charge in [-0.2, -0.15) is 0 Å². The van der Waals surface area contributed by atoms with E-state index >= 15 is 0 Å². The Morgan fingerprint density at radius 2 is 2.19 bits per heavy atom. The Morgan fingerprint density at radius 1 is 1.37 bits per heavy atom. The fraction of sp³-hybridized carbons (Fsp3) is 0.632. The minimum Gasteiger partial charge on any atom is -0.323 e. The van der Waals surface area contributed by atoms with Crippen LogP contribution in [0.25, 0.3) is 0 Å². The van der Waals surface area contributed by atoms with E-state index in [0.717, 1.165) is 26.1 Å². The summed E-state index contributed by atoms with van der Waals surface area (Å²) in [5.41, 5.74) is 0.616. The Labute approximate surface area is 171 Å². The van der Waals surface area contributed by atoms with Gasteiger partial charge in [0.15, 0.2) is 0 Å². The molecule has 2 heterocycles. The number of nitrogens with one attached hydrogen (secondary N) is 4. The molecule has 1 aromatic carbocycles. The van der Waals surface area contributed by atoms with Gasteiger partial charge in [0.05, 0.1) is 22.4 Å². The Hall–Kier alpha value is -1.05. The maximum atomic E-state index is 12.3. The largest absolute Gasteiger partial charge is 0.323 e. The van der Waals surface area contributed by atoms with Gasteiger partial charge >= 0.3 is 6.03 Å². The monoisotopic (exact) mass is 413 g/mol. The van der Waals surface area contributed by atoms with E-state index in [1.165, 1.54) is 12.8 Å². The molecule has 2 aliphatic heterocycles. The van der Waals surface area contributed by atoms with Crippen molar-refractivity contribution in [2.75, 3.05) is 25.0 Å². The van der Waals surface area contributed by atoms with Crippen LogP contribution in [-0.4, -0.2) is 48.9 Å². The second-order valence-electron chi connectivity index (χ2n) is 7.57. The molecule has 0 radical (unpaired) electrons. The molecule has 2 saturated heterocycles. The summed E-state index contributed by atoms with van der Waals surface area (Å²) >= 11 is 11.9. The molecule has 0 saturated carbocycles. The number of carbonyl (C=O) groups is 1. The SMILES string of the molecule is CC1CC(NCC2CCCNC2)N1C(C)NC(=O)Nc1ccc(Cl)c(Cl)c1. The molecule has 0 bridgehead atoms. The number of hydrogen-bond acceptors (Lipinski definition) is 4. The van der Waals surface area contributed by atoms with E-state index in [2.05, 4.69) is 33.1 Å². The summed E-state index contributed by atoms with van der Waals surface area (Å²) in [6, 6.07) is 5.22. The van der Waals surface area contributed by atoms with Crippen LogP contribution in [0, 0.1) is 5.92 Å². The van der Waals surface area contributed by atoms with E-state index < -0.39 is 0 Å². The summed E-state index contributed by atoms with van der Waals surface area (Å²) in [5, 5.41) is 13.8.